The van der Waals surface area contributed by atoms with Crippen molar-refractivity contribution in [1.82, 2.24) is 4.98 Å². The maximum Gasteiger partial charge on any atom is 0.144 e. The van der Waals surface area contributed by atoms with Crippen LogP contribution in [0.3, 0.4) is 0 Å². The average Bonchev–Trinajstić information content (AvgIpc) is 2.78. The van der Waals surface area contributed by atoms with Gasteiger partial charge in [-0.15, -0.1) is 0 Å². The third-order valence-corrected chi connectivity index (χ3v) is 4.10. The molecule has 1 saturated carbocycles. The molecule has 92 valence electrons. The van der Waals surface area contributed by atoms with E-state index >= 15 is 0 Å². The topological polar surface area (TPSA) is 56.0 Å². The summed E-state index contributed by atoms with van der Waals surface area (Å²) in [6.07, 6.45) is 8.07. The molecule has 2 N–H and O–H groups in total. The number of Topliss-reactive ketones (excluding diaryl/α,β-unsaturated/α-hetero) is 1. The lowest BCUT2D eigenvalue weighted by Crippen LogP contribution is -2.37. The number of rotatable bonds is 4. The molecule has 1 aliphatic carbocycles. The minimum Gasteiger partial charge on any atom is -0.329 e. The van der Waals surface area contributed by atoms with E-state index in [1.807, 2.05) is 6.07 Å². The van der Waals surface area contributed by atoms with E-state index in [1.54, 1.807) is 12.4 Å². The second-order valence-electron chi connectivity index (χ2n) is 4.80. The Balaban J connectivity index is 2.10. The molecule has 1 aromatic heterocycles. The molecule has 0 bridgehead atoms. The number of hydrogen-bond acceptors (Lipinski definition) is 3. The highest BCUT2D eigenvalue weighted by atomic mass is 79.9. The first-order valence-corrected chi connectivity index (χ1v) is 6.78. The van der Waals surface area contributed by atoms with Crippen LogP contribution in [-0.4, -0.2) is 17.3 Å². The van der Waals surface area contributed by atoms with Crippen molar-refractivity contribution in [3.63, 3.8) is 0 Å². The van der Waals surface area contributed by atoms with Gasteiger partial charge < -0.3 is 5.73 Å². The molecule has 17 heavy (non-hydrogen) atoms. The van der Waals surface area contributed by atoms with E-state index < -0.39 is 0 Å². The van der Waals surface area contributed by atoms with Crippen LogP contribution in [-0.2, 0) is 11.2 Å². The molecule has 0 aliphatic heterocycles. The first-order valence-electron chi connectivity index (χ1n) is 5.99. The summed E-state index contributed by atoms with van der Waals surface area (Å²) >= 11 is 3.37. The van der Waals surface area contributed by atoms with E-state index in [-0.39, 0.29) is 11.2 Å². The van der Waals surface area contributed by atoms with E-state index in [1.165, 1.54) is 0 Å². The maximum atomic E-state index is 12.4. The van der Waals surface area contributed by atoms with Crippen LogP contribution in [0.25, 0.3) is 0 Å². The van der Waals surface area contributed by atoms with Crippen molar-refractivity contribution in [2.75, 3.05) is 6.54 Å². The molecule has 1 aromatic rings. The lowest BCUT2D eigenvalue weighted by molar-refractivity contribution is -0.127. The Morgan fingerprint density at radius 2 is 2.12 bits per heavy atom. The van der Waals surface area contributed by atoms with Crippen molar-refractivity contribution in [1.29, 1.82) is 0 Å². The summed E-state index contributed by atoms with van der Waals surface area (Å²) in [5.41, 5.74) is 6.51. The summed E-state index contributed by atoms with van der Waals surface area (Å²) in [4.78, 5) is 16.4. The number of carbonyl (C=O) groups excluding carboxylic acids is 1. The summed E-state index contributed by atoms with van der Waals surface area (Å²) in [7, 11) is 0. The van der Waals surface area contributed by atoms with Gasteiger partial charge >= 0.3 is 0 Å². The summed E-state index contributed by atoms with van der Waals surface area (Å²) in [5.74, 6) is 0.275. The largest absolute Gasteiger partial charge is 0.329 e. The molecule has 3 nitrogen and oxygen atoms in total. The maximum absolute atomic E-state index is 12.4. The van der Waals surface area contributed by atoms with Gasteiger partial charge in [0.2, 0.25) is 0 Å². The zero-order valence-electron chi connectivity index (χ0n) is 9.79. The van der Waals surface area contributed by atoms with Crippen LogP contribution in [0.1, 0.15) is 31.2 Å². The molecule has 4 heteroatoms. The van der Waals surface area contributed by atoms with Gasteiger partial charge in [-0.05, 0) is 40.4 Å². The summed E-state index contributed by atoms with van der Waals surface area (Å²) < 4.78 is 0.913. The quantitative estimate of drug-likeness (QED) is 0.929. The average molecular weight is 297 g/mol. The van der Waals surface area contributed by atoms with Crippen molar-refractivity contribution in [3.05, 3.63) is 28.5 Å². The summed E-state index contributed by atoms with van der Waals surface area (Å²) in [5, 5.41) is 0. The van der Waals surface area contributed by atoms with Crippen LogP contribution in [0.2, 0.25) is 0 Å². The highest BCUT2D eigenvalue weighted by Crippen LogP contribution is 2.38. The van der Waals surface area contributed by atoms with Gasteiger partial charge in [-0.25, -0.2) is 0 Å². The highest BCUT2D eigenvalue weighted by molar-refractivity contribution is 9.10. The Hall–Kier alpha value is -0.740. The Morgan fingerprint density at radius 1 is 1.41 bits per heavy atom. The fraction of sp³-hybridized carbons (Fsp3) is 0.538. The van der Waals surface area contributed by atoms with E-state index in [2.05, 4.69) is 20.9 Å². The smallest absolute Gasteiger partial charge is 0.144 e. The van der Waals surface area contributed by atoms with E-state index in [4.69, 9.17) is 5.73 Å². The molecule has 0 spiro atoms. The molecular weight excluding hydrogens is 280 g/mol. The third-order valence-electron chi connectivity index (χ3n) is 3.67. The summed E-state index contributed by atoms with van der Waals surface area (Å²) in [6.45, 7) is 0.479. The highest BCUT2D eigenvalue weighted by Gasteiger charge is 2.39. The molecule has 2 rings (SSSR count). The predicted octanol–water partition coefficient (Wildman–Crippen LogP) is 2.47. The molecule has 1 fully saturated rings. The van der Waals surface area contributed by atoms with E-state index in [9.17, 15) is 4.79 Å². The lowest BCUT2D eigenvalue weighted by Gasteiger charge is -2.25. The van der Waals surface area contributed by atoms with Crippen LogP contribution in [0.5, 0.6) is 0 Å². The molecule has 0 atom stereocenters. The summed E-state index contributed by atoms with van der Waals surface area (Å²) in [6, 6.07) is 1.95. The van der Waals surface area contributed by atoms with Crippen molar-refractivity contribution in [3.8, 4) is 0 Å². The standard InChI is InChI=1S/C13H17BrN2O/c14-11-5-10(7-16-8-11)6-12(17)13(9-15)3-1-2-4-13/h5,7-8H,1-4,6,9,15H2. The third kappa shape index (κ3) is 2.75. The second kappa shape index (κ2) is 5.27. The van der Waals surface area contributed by atoms with Crippen LogP contribution in [0.4, 0.5) is 0 Å². The number of pyridine rings is 1. The SMILES string of the molecule is NCC1(C(=O)Cc2cncc(Br)c2)CCCC1. The predicted molar refractivity (Wildman–Crippen MR) is 70.6 cm³/mol. The fourth-order valence-electron chi connectivity index (χ4n) is 2.57. The molecule has 0 radical (unpaired) electrons. The molecule has 1 aliphatic rings. The molecule has 0 aromatic carbocycles. The van der Waals surface area contributed by atoms with Crippen LogP contribution >= 0.6 is 15.9 Å². The van der Waals surface area contributed by atoms with Gasteiger partial charge in [0.25, 0.3) is 0 Å². The second-order valence-corrected chi connectivity index (χ2v) is 5.72. The number of halogens is 1. The van der Waals surface area contributed by atoms with Crippen LogP contribution in [0, 0.1) is 5.41 Å². The zero-order valence-corrected chi connectivity index (χ0v) is 11.4. The van der Waals surface area contributed by atoms with Crippen LogP contribution < -0.4 is 5.73 Å². The lowest BCUT2D eigenvalue weighted by atomic mass is 9.79. The van der Waals surface area contributed by atoms with Crippen molar-refractivity contribution < 1.29 is 4.79 Å². The van der Waals surface area contributed by atoms with Crippen molar-refractivity contribution in [2.45, 2.75) is 32.1 Å². The molecule has 0 saturated heterocycles. The number of carbonyl (C=O) groups is 1. The zero-order chi connectivity index (χ0) is 12.3. The number of ketones is 1. The monoisotopic (exact) mass is 296 g/mol. The Labute approximate surface area is 110 Å². The first kappa shape index (κ1) is 12.7. The number of nitrogens with two attached hydrogens (primary N) is 1. The molecular formula is C13H17BrN2O. The molecule has 0 unspecified atom stereocenters. The normalized spacial score (nSPS) is 18.2. The number of nitrogens with zero attached hydrogens (tertiary/aromatic N) is 1. The molecule has 1 heterocycles. The van der Waals surface area contributed by atoms with Gasteiger partial charge in [0, 0.05) is 35.2 Å². The molecule has 0 amide bonds. The van der Waals surface area contributed by atoms with E-state index in [0.29, 0.717) is 13.0 Å². The van der Waals surface area contributed by atoms with Gasteiger partial charge in [0.1, 0.15) is 5.78 Å². The van der Waals surface area contributed by atoms with Gasteiger partial charge in [-0.2, -0.15) is 0 Å². The first-order chi connectivity index (χ1) is 8.16. The van der Waals surface area contributed by atoms with Crippen molar-refractivity contribution in [2.24, 2.45) is 11.1 Å². The minimum atomic E-state index is -0.262. The van der Waals surface area contributed by atoms with Crippen molar-refractivity contribution >= 4 is 21.7 Å². The van der Waals surface area contributed by atoms with Gasteiger partial charge in [-0.1, -0.05) is 12.8 Å². The van der Waals surface area contributed by atoms with Gasteiger partial charge in [0.15, 0.2) is 0 Å². The Bertz CT molecular complexity index is 414. The Kier molecular flexibility index (Phi) is 3.94. The number of aromatic nitrogens is 1. The van der Waals surface area contributed by atoms with E-state index in [0.717, 1.165) is 35.7 Å². The minimum absolute atomic E-state index is 0.262. The fourth-order valence-corrected chi connectivity index (χ4v) is 2.99. The Morgan fingerprint density at radius 3 is 2.71 bits per heavy atom. The number of hydrogen-bond donors (Lipinski definition) is 1. The van der Waals surface area contributed by atoms with Gasteiger partial charge in [0.05, 0.1) is 0 Å². The van der Waals surface area contributed by atoms with Crippen LogP contribution in [0.15, 0.2) is 22.9 Å². The van der Waals surface area contributed by atoms with Gasteiger partial charge in [-0.3, -0.25) is 9.78 Å².